The Morgan fingerprint density at radius 1 is 1.09 bits per heavy atom. The highest BCUT2D eigenvalue weighted by molar-refractivity contribution is 8.05. The molecule has 8 heteroatoms. The van der Waals surface area contributed by atoms with Gasteiger partial charge in [0.05, 0.1) is 5.25 Å². The summed E-state index contributed by atoms with van der Waals surface area (Å²) in [5, 5.41) is 12.7. The molecule has 1 N–H and O–H groups in total. The van der Waals surface area contributed by atoms with Crippen LogP contribution in [0, 0.1) is 24.1 Å². The molecular formula is C26H19ClFN3O2S. The van der Waals surface area contributed by atoms with E-state index < -0.39 is 17.0 Å². The zero-order valence-electron chi connectivity index (χ0n) is 18.1. The van der Waals surface area contributed by atoms with E-state index in [4.69, 9.17) is 11.6 Å². The maximum atomic E-state index is 13.5. The van der Waals surface area contributed by atoms with Crippen molar-refractivity contribution in [2.24, 2.45) is 0 Å². The van der Waals surface area contributed by atoms with Gasteiger partial charge in [-0.25, -0.2) is 4.39 Å². The van der Waals surface area contributed by atoms with Gasteiger partial charge in [0, 0.05) is 16.4 Å². The zero-order valence-corrected chi connectivity index (χ0v) is 19.7. The van der Waals surface area contributed by atoms with E-state index in [-0.39, 0.29) is 16.5 Å². The Hall–Kier alpha value is -3.60. The minimum atomic E-state index is -0.650. The number of hydrogen-bond acceptors (Lipinski definition) is 4. The van der Waals surface area contributed by atoms with Crippen molar-refractivity contribution in [3.8, 4) is 6.07 Å². The quantitative estimate of drug-likeness (QED) is 0.359. The molecule has 2 amide bonds. The molecule has 34 heavy (non-hydrogen) atoms. The molecule has 3 aromatic carbocycles. The summed E-state index contributed by atoms with van der Waals surface area (Å²) in [7, 11) is 0. The van der Waals surface area contributed by atoms with Crippen LogP contribution in [0.3, 0.4) is 0 Å². The first-order valence-electron chi connectivity index (χ1n) is 10.4. The molecule has 0 aromatic heterocycles. The fourth-order valence-electron chi connectivity index (χ4n) is 3.48. The minimum absolute atomic E-state index is 0.205. The van der Waals surface area contributed by atoms with Gasteiger partial charge in [0.1, 0.15) is 22.5 Å². The molecule has 0 unspecified atom stereocenters. The summed E-state index contributed by atoms with van der Waals surface area (Å²) in [6.07, 6.45) is 0.419. The van der Waals surface area contributed by atoms with Gasteiger partial charge in [0.25, 0.3) is 5.91 Å². The first-order valence-corrected chi connectivity index (χ1v) is 11.6. The van der Waals surface area contributed by atoms with Crippen LogP contribution in [0.25, 0.3) is 0 Å². The predicted molar refractivity (Wildman–Crippen MR) is 133 cm³/mol. The number of thioether (sulfide) groups is 1. The lowest BCUT2D eigenvalue weighted by Gasteiger charge is -2.18. The SMILES string of the molecule is Cc1ccc(C[C@H]2S/C(=C(/C#N)C(=O)Nc3ccc(Cl)cc3)N(c3ccc(F)cc3)C2=O)cc1. The summed E-state index contributed by atoms with van der Waals surface area (Å²) in [6.45, 7) is 1.98. The Balaban J connectivity index is 1.71. The number of rotatable bonds is 5. The van der Waals surface area contributed by atoms with E-state index in [2.05, 4.69) is 5.32 Å². The van der Waals surface area contributed by atoms with Crippen LogP contribution in [0.15, 0.2) is 83.4 Å². The fraction of sp³-hybridized carbons (Fsp3) is 0.115. The number of benzene rings is 3. The molecule has 0 radical (unpaired) electrons. The third-order valence-corrected chi connectivity index (χ3v) is 6.75. The Bertz CT molecular complexity index is 1300. The van der Waals surface area contributed by atoms with E-state index in [9.17, 15) is 19.2 Å². The van der Waals surface area contributed by atoms with Crippen molar-refractivity contribution in [3.05, 3.63) is 105 Å². The van der Waals surface area contributed by atoms with Gasteiger partial charge in [-0.1, -0.05) is 53.2 Å². The van der Waals surface area contributed by atoms with Crippen LogP contribution in [0.5, 0.6) is 0 Å². The topological polar surface area (TPSA) is 73.2 Å². The van der Waals surface area contributed by atoms with Crippen molar-refractivity contribution >= 4 is 46.6 Å². The summed E-state index contributed by atoms with van der Waals surface area (Å²) < 4.78 is 13.5. The number of aryl methyl sites for hydroxylation is 1. The highest BCUT2D eigenvalue weighted by Crippen LogP contribution is 2.42. The van der Waals surface area contributed by atoms with Crippen molar-refractivity contribution in [1.82, 2.24) is 0 Å². The molecule has 0 saturated carbocycles. The number of anilines is 2. The fourth-order valence-corrected chi connectivity index (χ4v) is 4.91. The average Bonchev–Trinajstić information content (AvgIpc) is 3.13. The Morgan fingerprint density at radius 2 is 1.74 bits per heavy atom. The second-order valence-corrected chi connectivity index (χ2v) is 9.33. The molecule has 0 spiro atoms. The van der Waals surface area contributed by atoms with E-state index in [0.29, 0.717) is 22.8 Å². The molecule has 170 valence electrons. The number of nitriles is 1. The molecule has 1 aliphatic rings. The van der Waals surface area contributed by atoms with E-state index in [1.165, 1.54) is 29.2 Å². The molecule has 1 atom stereocenters. The Labute approximate surface area is 205 Å². The smallest absolute Gasteiger partial charge is 0.269 e. The van der Waals surface area contributed by atoms with Crippen LogP contribution >= 0.6 is 23.4 Å². The lowest BCUT2D eigenvalue weighted by molar-refractivity contribution is -0.117. The molecule has 1 heterocycles. The van der Waals surface area contributed by atoms with Crippen molar-refractivity contribution in [3.63, 3.8) is 0 Å². The zero-order chi connectivity index (χ0) is 24.2. The monoisotopic (exact) mass is 491 g/mol. The van der Waals surface area contributed by atoms with Crippen molar-refractivity contribution < 1.29 is 14.0 Å². The third kappa shape index (κ3) is 5.14. The lowest BCUT2D eigenvalue weighted by Crippen LogP contribution is -2.30. The predicted octanol–water partition coefficient (Wildman–Crippen LogP) is 5.85. The molecule has 4 rings (SSSR count). The molecule has 1 fully saturated rings. The summed E-state index contributed by atoms with van der Waals surface area (Å²) in [6, 6.07) is 21.6. The summed E-state index contributed by atoms with van der Waals surface area (Å²) in [5.74, 6) is -1.38. The van der Waals surface area contributed by atoms with Gasteiger partial charge in [-0.3, -0.25) is 14.5 Å². The number of carbonyl (C=O) groups excluding carboxylic acids is 2. The second kappa shape index (κ2) is 10.1. The van der Waals surface area contributed by atoms with E-state index in [0.717, 1.165) is 22.9 Å². The summed E-state index contributed by atoms with van der Waals surface area (Å²) >= 11 is 7.06. The Kier molecular flexibility index (Phi) is 7.01. The van der Waals surface area contributed by atoms with Crippen LogP contribution in [0.2, 0.25) is 5.02 Å². The minimum Gasteiger partial charge on any atom is -0.321 e. The average molecular weight is 492 g/mol. The van der Waals surface area contributed by atoms with Gasteiger partial charge >= 0.3 is 0 Å². The van der Waals surface area contributed by atoms with Gasteiger partial charge in [0.2, 0.25) is 5.91 Å². The van der Waals surface area contributed by atoms with Crippen LogP contribution in [0.1, 0.15) is 11.1 Å². The number of nitrogens with one attached hydrogen (secondary N) is 1. The van der Waals surface area contributed by atoms with Crippen LogP contribution < -0.4 is 10.2 Å². The van der Waals surface area contributed by atoms with E-state index in [1.807, 2.05) is 37.3 Å². The lowest BCUT2D eigenvalue weighted by atomic mass is 10.1. The largest absolute Gasteiger partial charge is 0.321 e. The number of carbonyl (C=O) groups is 2. The number of amides is 2. The number of nitrogens with zero attached hydrogens (tertiary/aromatic N) is 2. The third-order valence-electron chi connectivity index (χ3n) is 5.23. The molecule has 1 saturated heterocycles. The molecule has 0 aliphatic carbocycles. The van der Waals surface area contributed by atoms with E-state index in [1.54, 1.807) is 24.3 Å². The molecule has 3 aromatic rings. The first kappa shape index (κ1) is 23.6. The van der Waals surface area contributed by atoms with Gasteiger partial charge < -0.3 is 5.32 Å². The normalized spacial score (nSPS) is 16.8. The van der Waals surface area contributed by atoms with Crippen LogP contribution in [0.4, 0.5) is 15.8 Å². The van der Waals surface area contributed by atoms with Crippen LogP contribution in [-0.4, -0.2) is 17.1 Å². The van der Waals surface area contributed by atoms with Gasteiger partial charge in [-0.05, 0) is 67.4 Å². The molecular weight excluding hydrogens is 473 g/mol. The van der Waals surface area contributed by atoms with Gasteiger partial charge in [-0.15, -0.1) is 0 Å². The highest BCUT2D eigenvalue weighted by Gasteiger charge is 2.40. The first-order chi connectivity index (χ1) is 16.4. The highest BCUT2D eigenvalue weighted by atomic mass is 35.5. The summed E-state index contributed by atoms with van der Waals surface area (Å²) in [5.41, 5.74) is 2.70. The molecule has 1 aliphatic heterocycles. The Morgan fingerprint density at radius 3 is 2.35 bits per heavy atom. The number of hydrogen-bond donors (Lipinski definition) is 1. The van der Waals surface area contributed by atoms with Crippen molar-refractivity contribution in [2.75, 3.05) is 10.2 Å². The number of halogens is 2. The van der Waals surface area contributed by atoms with Gasteiger partial charge in [0.15, 0.2) is 0 Å². The van der Waals surface area contributed by atoms with Crippen molar-refractivity contribution in [1.29, 1.82) is 5.26 Å². The standard InChI is InChI=1S/C26H19ClFN3O2S/c1-16-2-4-17(5-3-16)14-23-25(33)31(21-12-8-19(28)9-13-21)26(34-23)22(15-29)24(32)30-20-10-6-18(27)7-11-20/h2-13,23H,14H2,1H3,(H,30,32)/b26-22-/t23-/m1/s1. The maximum absolute atomic E-state index is 13.5. The van der Waals surface area contributed by atoms with Gasteiger partial charge in [-0.2, -0.15) is 5.26 Å². The second-order valence-electron chi connectivity index (χ2n) is 7.70. The van der Waals surface area contributed by atoms with Crippen molar-refractivity contribution in [2.45, 2.75) is 18.6 Å². The van der Waals surface area contributed by atoms with Crippen LogP contribution in [-0.2, 0) is 16.0 Å². The maximum Gasteiger partial charge on any atom is 0.269 e. The van der Waals surface area contributed by atoms with E-state index >= 15 is 0 Å². The molecule has 0 bridgehead atoms. The summed E-state index contributed by atoms with van der Waals surface area (Å²) in [4.78, 5) is 27.8. The molecule has 5 nitrogen and oxygen atoms in total.